The number of ether oxygens (including phenoxy) is 1. The number of carboxylic acids is 1. The highest BCUT2D eigenvalue weighted by molar-refractivity contribution is 5.79. The van der Waals surface area contributed by atoms with Gasteiger partial charge in [-0.15, -0.1) is 0 Å². The van der Waals surface area contributed by atoms with E-state index in [1.165, 1.54) is 6.92 Å². The summed E-state index contributed by atoms with van der Waals surface area (Å²) >= 11 is 0. The van der Waals surface area contributed by atoms with E-state index >= 15 is 0 Å². The molecular weight excluding hydrogens is 448 g/mol. The molecule has 0 spiro atoms. The Bertz CT molecular complexity index is 908. The molecule has 0 aliphatic carbocycles. The zero-order valence-corrected chi connectivity index (χ0v) is 21.2. The number of rotatable bonds is 12. The van der Waals surface area contributed by atoms with Crippen LogP contribution in [0.5, 0.6) is 5.75 Å². The first-order valence-electron chi connectivity index (χ1n) is 12.7. The van der Waals surface area contributed by atoms with Gasteiger partial charge in [0.05, 0.1) is 19.1 Å². The van der Waals surface area contributed by atoms with Gasteiger partial charge in [0.1, 0.15) is 5.75 Å². The topological polar surface area (TPSA) is 116 Å². The number of nitrogens with zero attached hydrogens (tertiary/aromatic N) is 3. The van der Waals surface area contributed by atoms with Crippen LogP contribution in [0.25, 0.3) is 0 Å². The van der Waals surface area contributed by atoms with Crippen LogP contribution in [0.3, 0.4) is 0 Å². The first-order valence-corrected chi connectivity index (χ1v) is 12.7. The first-order chi connectivity index (χ1) is 16.8. The van der Waals surface area contributed by atoms with Gasteiger partial charge in [0.15, 0.2) is 0 Å². The van der Waals surface area contributed by atoms with Crippen LogP contribution >= 0.6 is 0 Å². The number of fused-ring (bicyclic) bond motifs is 1. The van der Waals surface area contributed by atoms with E-state index < -0.39 is 11.9 Å². The average Bonchev–Trinajstić information content (AvgIpc) is 3.43. The van der Waals surface area contributed by atoms with Crippen molar-refractivity contribution in [2.24, 2.45) is 11.7 Å². The third-order valence-electron chi connectivity index (χ3n) is 7.34. The van der Waals surface area contributed by atoms with Crippen LogP contribution in [0.2, 0.25) is 0 Å². The van der Waals surface area contributed by atoms with Crippen molar-refractivity contribution >= 4 is 17.8 Å². The van der Waals surface area contributed by atoms with Gasteiger partial charge in [0.25, 0.3) is 0 Å². The van der Waals surface area contributed by atoms with Crippen LogP contribution in [0.15, 0.2) is 18.2 Å². The normalized spacial score (nSPS) is 21.4. The second kappa shape index (κ2) is 12.4. The molecule has 0 saturated carbocycles. The SMILES string of the molecule is CCCCN(CCN)C(=O)CN1C[C@H](c2ccc3c(c2)CCO3)[C@@H](C(=O)O)[C@@H]1CCN(C)C(C)=O. The quantitative estimate of drug-likeness (QED) is 0.458. The van der Waals surface area contributed by atoms with Gasteiger partial charge in [-0.1, -0.05) is 25.5 Å². The molecule has 9 heteroatoms. The largest absolute Gasteiger partial charge is 0.493 e. The summed E-state index contributed by atoms with van der Waals surface area (Å²) in [6.45, 7) is 6.79. The minimum atomic E-state index is -0.873. The Hall–Kier alpha value is -2.65. The number of amides is 2. The van der Waals surface area contributed by atoms with E-state index in [-0.39, 0.29) is 30.3 Å². The van der Waals surface area contributed by atoms with Gasteiger partial charge in [0.2, 0.25) is 11.8 Å². The summed E-state index contributed by atoms with van der Waals surface area (Å²) in [4.78, 5) is 43.0. The van der Waals surface area contributed by atoms with E-state index in [1.54, 1.807) is 16.8 Å². The second-order valence-electron chi connectivity index (χ2n) is 9.69. The summed E-state index contributed by atoms with van der Waals surface area (Å²) < 4.78 is 5.63. The van der Waals surface area contributed by atoms with Gasteiger partial charge in [-0.05, 0) is 30.0 Å². The molecule has 35 heavy (non-hydrogen) atoms. The van der Waals surface area contributed by atoms with E-state index in [4.69, 9.17) is 10.5 Å². The third kappa shape index (κ3) is 6.52. The molecule has 2 aliphatic heterocycles. The summed E-state index contributed by atoms with van der Waals surface area (Å²) in [5, 5.41) is 10.3. The Labute approximate surface area is 208 Å². The lowest BCUT2D eigenvalue weighted by molar-refractivity contribution is -0.144. The molecule has 1 saturated heterocycles. The Balaban J connectivity index is 1.87. The monoisotopic (exact) mass is 488 g/mol. The molecule has 1 aromatic carbocycles. The summed E-state index contributed by atoms with van der Waals surface area (Å²) in [6, 6.07) is 5.58. The van der Waals surface area contributed by atoms with E-state index in [9.17, 15) is 19.5 Å². The number of unbranched alkanes of at least 4 members (excludes halogenated alkanes) is 1. The van der Waals surface area contributed by atoms with E-state index in [0.717, 1.165) is 36.1 Å². The zero-order valence-electron chi connectivity index (χ0n) is 21.2. The highest BCUT2D eigenvalue weighted by Gasteiger charge is 2.47. The predicted molar refractivity (Wildman–Crippen MR) is 133 cm³/mol. The van der Waals surface area contributed by atoms with Crippen LogP contribution < -0.4 is 10.5 Å². The standard InChI is InChI=1S/C26H40N4O5/c1-4-5-11-29(13-10-27)24(32)17-30-16-21(19-6-7-23-20(15-19)9-14-35-23)25(26(33)34)22(30)8-12-28(3)18(2)31/h6-7,15,21-22,25H,4-5,8-14,16-17,27H2,1-3H3,(H,33,34)/t21-,22+,25-/m1/s1. The van der Waals surface area contributed by atoms with E-state index in [0.29, 0.717) is 45.8 Å². The van der Waals surface area contributed by atoms with Crippen LogP contribution in [-0.2, 0) is 20.8 Å². The lowest BCUT2D eigenvalue weighted by Crippen LogP contribution is -2.46. The summed E-state index contributed by atoms with van der Waals surface area (Å²) in [6.07, 6.45) is 3.17. The van der Waals surface area contributed by atoms with Gasteiger partial charge in [-0.3, -0.25) is 19.3 Å². The molecule has 1 aromatic rings. The maximum absolute atomic E-state index is 13.3. The second-order valence-corrected chi connectivity index (χ2v) is 9.69. The van der Waals surface area contributed by atoms with E-state index in [1.807, 2.05) is 17.0 Å². The van der Waals surface area contributed by atoms with Crippen molar-refractivity contribution in [2.75, 3.05) is 52.9 Å². The van der Waals surface area contributed by atoms with Crippen molar-refractivity contribution in [2.45, 2.75) is 51.5 Å². The maximum atomic E-state index is 13.3. The number of likely N-dealkylation sites (tertiary alicyclic amines) is 1. The molecular formula is C26H40N4O5. The number of benzene rings is 1. The summed E-state index contributed by atoms with van der Waals surface area (Å²) in [5.41, 5.74) is 7.82. The molecule has 2 heterocycles. The fraction of sp³-hybridized carbons (Fsp3) is 0.654. The Morgan fingerprint density at radius 2 is 2.00 bits per heavy atom. The molecule has 3 N–H and O–H groups in total. The molecule has 0 bridgehead atoms. The van der Waals surface area contributed by atoms with Crippen molar-refractivity contribution in [1.82, 2.24) is 14.7 Å². The average molecular weight is 489 g/mol. The molecule has 194 valence electrons. The first kappa shape index (κ1) is 26.9. The number of hydrogen-bond acceptors (Lipinski definition) is 6. The van der Waals surface area contributed by atoms with Gasteiger partial charge in [-0.2, -0.15) is 0 Å². The third-order valence-corrected chi connectivity index (χ3v) is 7.34. The number of carbonyl (C=O) groups is 3. The molecule has 0 aromatic heterocycles. The van der Waals surface area contributed by atoms with Crippen LogP contribution in [-0.4, -0.2) is 96.6 Å². The molecule has 0 unspecified atom stereocenters. The number of hydrogen-bond donors (Lipinski definition) is 2. The van der Waals surface area contributed by atoms with Gasteiger partial charge >= 0.3 is 5.97 Å². The number of carbonyl (C=O) groups excluding carboxylic acids is 2. The minimum absolute atomic E-state index is 0.0269. The zero-order chi connectivity index (χ0) is 25.5. The molecule has 1 fully saturated rings. The molecule has 3 atom stereocenters. The molecule has 0 radical (unpaired) electrons. The molecule has 9 nitrogen and oxygen atoms in total. The lowest BCUT2D eigenvalue weighted by Gasteiger charge is -2.30. The van der Waals surface area contributed by atoms with Gasteiger partial charge < -0.3 is 25.4 Å². The molecule has 2 amide bonds. The molecule has 2 aliphatic rings. The van der Waals surface area contributed by atoms with Crippen molar-refractivity contribution in [3.63, 3.8) is 0 Å². The highest BCUT2D eigenvalue weighted by atomic mass is 16.5. The van der Waals surface area contributed by atoms with Crippen LogP contribution in [0.1, 0.15) is 50.2 Å². The number of aliphatic carboxylic acids is 1. The fourth-order valence-electron chi connectivity index (χ4n) is 5.25. The van der Waals surface area contributed by atoms with Crippen molar-refractivity contribution in [3.05, 3.63) is 29.3 Å². The smallest absolute Gasteiger partial charge is 0.308 e. The highest BCUT2D eigenvalue weighted by Crippen LogP contribution is 2.41. The van der Waals surface area contributed by atoms with Gasteiger partial charge in [0, 0.05) is 65.1 Å². The van der Waals surface area contributed by atoms with Crippen LogP contribution in [0.4, 0.5) is 0 Å². The minimum Gasteiger partial charge on any atom is -0.493 e. The summed E-state index contributed by atoms with van der Waals surface area (Å²) in [5.74, 6) is -1.04. The maximum Gasteiger partial charge on any atom is 0.308 e. The number of carboxylic acid groups (broad SMARTS) is 1. The molecule has 3 rings (SSSR count). The van der Waals surface area contributed by atoms with Crippen LogP contribution in [0, 0.1) is 5.92 Å². The number of nitrogens with two attached hydrogens (primary N) is 1. The Morgan fingerprint density at radius 3 is 2.66 bits per heavy atom. The Kier molecular flexibility index (Phi) is 9.51. The predicted octanol–water partition coefficient (Wildman–Crippen LogP) is 1.55. The summed E-state index contributed by atoms with van der Waals surface area (Å²) in [7, 11) is 1.72. The Morgan fingerprint density at radius 1 is 1.23 bits per heavy atom. The van der Waals surface area contributed by atoms with Crippen molar-refractivity contribution in [3.8, 4) is 5.75 Å². The van der Waals surface area contributed by atoms with Gasteiger partial charge in [-0.25, -0.2) is 0 Å². The van der Waals surface area contributed by atoms with Crippen molar-refractivity contribution < 1.29 is 24.2 Å². The fourth-order valence-corrected chi connectivity index (χ4v) is 5.25. The van der Waals surface area contributed by atoms with E-state index in [2.05, 4.69) is 13.0 Å². The van der Waals surface area contributed by atoms with Crippen molar-refractivity contribution in [1.29, 1.82) is 0 Å². The lowest BCUT2D eigenvalue weighted by atomic mass is 9.83.